The summed E-state index contributed by atoms with van der Waals surface area (Å²) in [5.41, 5.74) is 3.65. The van der Waals surface area contributed by atoms with Gasteiger partial charge in [0.25, 0.3) is 0 Å². The molecule has 1 aromatic heterocycles. The highest BCUT2D eigenvalue weighted by atomic mass is 16.2. The molecule has 4 rings (SSSR count). The molecular weight excluding hydrogens is 324 g/mol. The standard InChI is InChI=1S/C21H28N4O/c26-21(25-9-2-1-3-10-25)18-7-11-24(12-8-18)16-17-5-4-6-19(13-17)20-14-22-23-15-20/h4-6,13-15,18H,1-3,7-12,16H2,(H,22,23). The van der Waals surface area contributed by atoms with Crippen molar-refractivity contribution in [3.05, 3.63) is 42.2 Å². The van der Waals surface area contributed by atoms with Crippen molar-refractivity contribution < 1.29 is 4.79 Å². The van der Waals surface area contributed by atoms with Crippen LogP contribution in [-0.4, -0.2) is 52.1 Å². The van der Waals surface area contributed by atoms with Gasteiger partial charge in [-0.3, -0.25) is 14.8 Å². The maximum absolute atomic E-state index is 12.7. The Morgan fingerprint density at radius 2 is 1.88 bits per heavy atom. The molecular formula is C21H28N4O. The Labute approximate surface area is 155 Å². The van der Waals surface area contributed by atoms with E-state index in [4.69, 9.17) is 0 Å². The van der Waals surface area contributed by atoms with E-state index in [1.807, 2.05) is 12.4 Å². The van der Waals surface area contributed by atoms with Crippen LogP contribution in [0.25, 0.3) is 11.1 Å². The van der Waals surface area contributed by atoms with Crippen molar-refractivity contribution in [2.75, 3.05) is 26.2 Å². The molecule has 0 spiro atoms. The summed E-state index contributed by atoms with van der Waals surface area (Å²) >= 11 is 0. The molecule has 1 amide bonds. The van der Waals surface area contributed by atoms with Gasteiger partial charge in [-0.2, -0.15) is 5.10 Å². The molecule has 2 fully saturated rings. The Hall–Kier alpha value is -2.14. The minimum Gasteiger partial charge on any atom is -0.342 e. The van der Waals surface area contributed by atoms with Crippen LogP contribution in [0.1, 0.15) is 37.7 Å². The molecule has 2 aliphatic rings. The van der Waals surface area contributed by atoms with E-state index >= 15 is 0 Å². The third-order valence-electron chi connectivity index (χ3n) is 5.77. The zero-order valence-electron chi connectivity index (χ0n) is 15.4. The van der Waals surface area contributed by atoms with Gasteiger partial charge in [0.1, 0.15) is 0 Å². The fourth-order valence-corrected chi connectivity index (χ4v) is 4.23. The molecule has 0 unspecified atom stereocenters. The largest absolute Gasteiger partial charge is 0.342 e. The molecule has 138 valence electrons. The molecule has 2 aliphatic heterocycles. The number of aromatic amines is 1. The average Bonchev–Trinajstić information content (AvgIpc) is 3.24. The van der Waals surface area contributed by atoms with Gasteiger partial charge < -0.3 is 4.90 Å². The summed E-state index contributed by atoms with van der Waals surface area (Å²) in [5.74, 6) is 0.646. The number of nitrogens with zero attached hydrogens (tertiary/aromatic N) is 3. The van der Waals surface area contributed by atoms with E-state index in [1.54, 1.807) is 0 Å². The van der Waals surface area contributed by atoms with Crippen LogP contribution in [-0.2, 0) is 11.3 Å². The predicted octanol–water partition coefficient (Wildman–Crippen LogP) is 3.30. The van der Waals surface area contributed by atoms with E-state index in [9.17, 15) is 4.79 Å². The summed E-state index contributed by atoms with van der Waals surface area (Å²) in [6.07, 6.45) is 9.41. The van der Waals surface area contributed by atoms with Crippen LogP contribution in [0.15, 0.2) is 36.7 Å². The van der Waals surface area contributed by atoms with Gasteiger partial charge in [0, 0.05) is 37.3 Å². The monoisotopic (exact) mass is 352 g/mol. The topological polar surface area (TPSA) is 52.2 Å². The molecule has 2 aromatic rings. The lowest BCUT2D eigenvalue weighted by atomic mass is 9.94. The fraction of sp³-hybridized carbons (Fsp3) is 0.524. The van der Waals surface area contributed by atoms with Crippen LogP contribution in [0.2, 0.25) is 0 Å². The Bertz CT molecular complexity index is 713. The van der Waals surface area contributed by atoms with E-state index in [0.29, 0.717) is 5.91 Å². The molecule has 5 nitrogen and oxygen atoms in total. The van der Waals surface area contributed by atoms with Crippen molar-refractivity contribution in [3.8, 4) is 11.1 Å². The summed E-state index contributed by atoms with van der Waals surface area (Å²) in [6, 6.07) is 8.67. The molecule has 1 aromatic carbocycles. The molecule has 0 aliphatic carbocycles. The van der Waals surface area contributed by atoms with Crippen molar-refractivity contribution in [1.29, 1.82) is 0 Å². The lowest BCUT2D eigenvalue weighted by Gasteiger charge is -2.35. The van der Waals surface area contributed by atoms with E-state index in [0.717, 1.165) is 51.1 Å². The molecule has 5 heteroatoms. The van der Waals surface area contributed by atoms with Crippen molar-refractivity contribution in [3.63, 3.8) is 0 Å². The minimum atomic E-state index is 0.238. The summed E-state index contributed by atoms with van der Waals surface area (Å²) in [6.45, 7) is 4.93. The number of benzene rings is 1. The number of hydrogen-bond acceptors (Lipinski definition) is 3. The second-order valence-corrected chi connectivity index (χ2v) is 7.62. The highest BCUT2D eigenvalue weighted by molar-refractivity contribution is 5.79. The normalized spacial score (nSPS) is 19.6. The first-order valence-corrected chi connectivity index (χ1v) is 9.89. The van der Waals surface area contributed by atoms with E-state index in [1.165, 1.54) is 30.4 Å². The number of likely N-dealkylation sites (tertiary alicyclic amines) is 2. The molecule has 2 saturated heterocycles. The van der Waals surface area contributed by atoms with Gasteiger partial charge in [0.15, 0.2) is 0 Å². The Kier molecular flexibility index (Phi) is 5.34. The maximum Gasteiger partial charge on any atom is 0.225 e. The van der Waals surface area contributed by atoms with Crippen LogP contribution < -0.4 is 0 Å². The van der Waals surface area contributed by atoms with Crippen LogP contribution >= 0.6 is 0 Å². The highest BCUT2D eigenvalue weighted by Crippen LogP contribution is 2.24. The quantitative estimate of drug-likeness (QED) is 0.918. The number of H-pyrrole nitrogens is 1. The number of carbonyl (C=O) groups excluding carboxylic acids is 1. The second-order valence-electron chi connectivity index (χ2n) is 7.62. The van der Waals surface area contributed by atoms with Crippen molar-refractivity contribution >= 4 is 5.91 Å². The number of aromatic nitrogens is 2. The van der Waals surface area contributed by atoms with Gasteiger partial charge >= 0.3 is 0 Å². The number of amides is 1. The van der Waals surface area contributed by atoms with Gasteiger partial charge in [-0.05, 0) is 62.4 Å². The number of rotatable bonds is 4. The number of hydrogen-bond donors (Lipinski definition) is 1. The smallest absolute Gasteiger partial charge is 0.225 e. The van der Waals surface area contributed by atoms with Gasteiger partial charge in [-0.25, -0.2) is 0 Å². The van der Waals surface area contributed by atoms with E-state index in [-0.39, 0.29) is 5.92 Å². The maximum atomic E-state index is 12.7. The summed E-state index contributed by atoms with van der Waals surface area (Å²) in [7, 11) is 0. The van der Waals surface area contributed by atoms with Crippen LogP contribution in [0.5, 0.6) is 0 Å². The third kappa shape index (κ3) is 3.98. The molecule has 0 saturated carbocycles. The summed E-state index contributed by atoms with van der Waals surface area (Å²) in [5, 5.41) is 6.91. The number of carbonyl (C=O) groups is 1. The molecule has 0 bridgehead atoms. The Balaban J connectivity index is 1.31. The van der Waals surface area contributed by atoms with Gasteiger partial charge in [-0.15, -0.1) is 0 Å². The van der Waals surface area contributed by atoms with Crippen molar-refractivity contribution in [2.24, 2.45) is 5.92 Å². The van der Waals surface area contributed by atoms with Gasteiger partial charge in [-0.1, -0.05) is 18.2 Å². The first-order chi connectivity index (χ1) is 12.8. The number of piperidine rings is 2. The molecule has 26 heavy (non-hydrogen) atoms. The third-order valence-corrected chi connectivity index (χ3v) is 5.77. The van der Waals surface area contributed by atoms with Crippen LogP contribution in [0.4, 0.5) is 0 Å². The van der Waals surface area contributed by atoms with E-state index in [2.05, 4.69) is 44.3 Å². The van der Waals surface area contributed by atoms with Crippen molar-refractivity contribution in [1.82, 2.24) is 20.0 Å². The molecule has 1 N–H and O–H groups in total. The molecule has 0 atom stereocenters. The second kappa shape index (κ2) is 8.04. The SMILES string of the molecule is O=C(C1CCN(Cc2cccc(-c3cn[nH]c3)c2)CC1)N1CCCCC1. The highest BCUT2D eigenvalue weighted by Gasteiger charge is 2.29. The number of nitrogens with one attached hydrogen (secondary N) is 1. The van der Waals surface area contributed by atoms with Gasteiger partial charge in [0.05, 0.1) is 6.20 Å². The minimum absolute atomic E-state index is 0.238. The summed E-state index contributed by atoms with van der Waals surface area (Å²) < 4.78 is 0. The van der Waals surface area contributed by atoms with Crippen molar-refractivity contribution in [2.45, 2.75) is 38.6 Å². The lowest BCUT2D eigenvalue weighted by Crippen LogP contribution is -2.44. The van der Waals surface area contributed by atoms with Crippen LogP contribution in [0.3, 0.4) is 0 Å². The predicted molar refractivity (Wildman–Crippen MR) is 102 cm³/mol. The van der Waals surface area contributed by atoms with E-state index < -0.39 is 0 Å². The Morgan fingerprint density at radius 1 is 1.08 bits per heavy atom. The average molecular weight is 352 g/mol. The molecule has 0 radical (unpaired) electrons. The summed E-state index contributed by atoms with van der Waals surface area (Å²) in [4.78, 5) is 17.3. The molecule has 3 heterocycles. The van der Waals surface area contributed by atoms with Gasteiger partial charge in [0.2, 0.25) is 5.91 Å². The lowest BCUT2D eigenvalue weighted by molar-refractivity contribution is -0.138. The first kappa shape index (κ1) is 17.3. The fourth-order valence-electron chi connectivity index (χ4n) is 4.23. The van der Waals surface area contributed by atoms with Crippen LogP contribution in [0, 0.1) is 5.92 Å². The zero-order valence-corrected chi connectivity index (χ0v) is 15.4. The zero-order chi connectivity index (χ0) is 17.8. The Morgan fingerprint density at radius 3 is 2.62 bits per heavy atom. The first-order valence-electron chi connectivity index (χ1n) is 9.89.